The monoisotopic (exact) mass is 611 g/mol. The highest BCUT2D eigenvalue weighted by molar-refractivity contribution is 7.92. The lowest BCUT2D eigenvalue weighted by Crippen LogP contribution is -2.39. The molecule has 1 N–H and O–H groups in total. The zero-order valence-electron chi connectivity index (χ0n) is 22.0. The van der Waals surface area contributed by atoms with Gasteiger partial charge in [-0.3, -0.25) is 9.10 Å². The van der Waals surface area contributed by atoms with Gasteiger partial charge in [0, 0.05) is 10.0 Å². The average molecular weight is 613 g/mol. The van der Waals surface area contributed by atoms with Crippen LogP contribution in [0.25, 0.3) is 0 Å². The molecule has 0 aliphatic rings. The van der Waals surface area contributed by atoms with Crippen LogP contribution in [0.15, 0.2) is 107 Å². The number of hydrogen-bond donors (Lipinski definition) is 1. The fraction of sp³-hybridized carbons (Fsp3) is 0.133. The first kappa shape index (κ1) is 29.9. The molecule has 0 fully saturated rings. The Labute approximate surface area is 249 Å². The van der Waals surface area contributed by atoms with Gasteiger partial charge < -0.3 is 9.47 Å². The highest BCUT2D eigenvalue weighted by atomic mass is 35.5. The van der Waals surface area contributed by atoms with Crippen molar-refractivity contribution in [2.75, 3.05) is 17.5 Å². The minimum absolute atomic E-state index is 0.0399. The number of anilines is 1. The Morgan fingerprint density at radius 3 is 2.34 bits per heavy atom. The minimum atomic E-state index is -4.06. The van der Waals surface area contributed by atoms with Crippen LogP contribution in [-0.4, -0.2) is 33.7 Å². The minimum Gasteiger partial charge on any atom is -0.490 e. The van der Waals surface area contributed by atoms with Crippen molar-refractivity contribution in [3.63, 3.8) is 0 Å². The molecule has 0 spiro atoms. The van der Waals surface area contributed by atoms with Gasteiger partial charge in [0.1, 0.15) is 13.2 Å². The molecule has 11 heteroatoms. The maximum atomic E-state index is 13.4. The second-order valence-electron chi connectivity index (χ2n) is 8.65. The second kappa shape index (κ2) is 14.0. The summed E-state index contributed by atoms with van der Waals surface area (Å²) in [6.07, 6.45) is 1.43. The molecule has 0 unspecified atom stereocenters. The molecule has 0 aliphatic carbocycles. The zero-order valence-corrected chi connectivity index (χ0v) is 24.4. The third-order valence-corrected chi connectivity index (χ3v) is 7.97. The normalized spacial score (nSPS) is 11.3. The third-order valence-electron chi connectivity index (χ3n) is 5.69. The SMILES string of the molecule is CCOc1cc(/C=N/NC(=O)CN(c2cccc(Cl)c2)S(=O)(=O)c2ccccc2)ccc1OCc1ccc(Cl)cc1. The summed E-state index contributed by atoms with van der Waals surface area (Å²) in [6.45, 7) is 2.09. The number of hydrogen-bond acceptors (Lipinski definition) is 6. The van der Waals surface area contributed by atoms with Gasteiger partial charge >= 0.3 is 0 Å². The molecule has 212 valence electrons. The topological polar surface area (TPSA) is 97.3 Å². The van der Waals surface area contributed by atoms with E-state index >= 15 is 0 Å². The van der Waals surface area contributed by atoms with Crippen molar-refractivity contribution >= 4 is 51.0 Å². The number of halogens is 2. The van der Waals surface area contributed by atoms with Gasteiger partial charge in [0.05, 0.1) is 23.4 Å². The Balaban J connectivity index is 1.46. The molecule has 0 aromatic heterocycles. The van der Waals surface area contributed by atoms with E-state index in [4.69, 9.17) is 32.7 Å². The van der Waals surface area contributed by atoms with E-state index in [1.54, 1.807) is 66.7 Å². The Hall–Kier alpha value is -4.05. The molecular formula is C30H27Cl2N3O5S. The summed E-state index contributed by atoms with van der Waals surface area (Å²) >= 11 is 12.1. The first-order chi connectivity index (χ1) is 19.8. The zero-order chi connectivity index (χ0) is 29.2. The van der Waals surface area contributed by atoms with Gasteiger partial charge in [-0.2, -0.15) is 5.10 Å². The molecule has 0 saturated heterocycles. The summed E-state index contributed by atoms with van der Waals surface area (Å²) in [7, 11) is -4.06. The van der Waals surface area contributed by atoms with E-state index in [1.165, 1.54) is 24.4 Å². The number of carbonyl (C=O) groups is 1. The highest BCUT2D eigenvalue weighted by Crippen LogP contribution is 2.29. The number of ether oxygens (including phenoxy) is 2. The Bertz CT molecular complexity index is 1620. The van der Waals surface area contributed by atoms with E-state index < -0.39 is 22.5 Å². The van der Waals surface area contributed by atoms with Crippen molar-refractivity contribution in [1.82, 2.24) is 5.43 Å². The molecule has 0 aliphatic heterocycles. The van der Waals surface area contributed by atoms with Crippen molar-refractivity contribution in [2.45, 2.75) is 18.4 Å². The smallest absolute Gasteiger partial charge is 0.264 e. The molecule has 0 radical (unpaired) electrons. The molecular weight excluding hydrogens is 585 g/mol. The lowest BCUT2D eigenvalue weighted by Gasteiger charge is -2.23. The molecule has 1 amide bonds. The molecule has 4 aromatic carbocycles. The number of benzene rings is 4. The summed E-state index contributed by atoms with van der Waals surface area (Å²) in [6, 6.07) is 26.7. The number of sulfonamides is 1. The van der Waals surface area contributed by atoms with Crippen LogP contribution >= 0.6 is 23.2 Å². The number of nitrogens with zero attached hydrogens (tertiary/aromatic N) is 2. The van der Waals surface area contributed by atoms with E-state index in [9.17, 15) is 13.2 Å². The predicted molar refractivity (Wildman–Crippen MR) is 162 cm³/mol. The molecule has 4 rings (SSSR count). The highest BCUT2D eigenvalue weighted by Gasteiger charge is 2.27. The summed E-state index contributed by atoms with van der Waals surface area (Å²) in [5, 5.41) is 4.99. The number of rotatable bonds is 12. The Kier molecular flexibility index (Phi) is 10.2. The molecule has 0 bridgehead atoms. The standard InChI is InChI=1S/C30H27Cl2N3O5S/c1-2-39-29-17-23(13-16-28(29)40-21-22-11-14-24(31)15-12-22)19-33-34-30(36)20-35(26-8-6-7-25(32)18-26)41(37,38)27-9-4-3-5-10-27/h3-19H,2,20-21H2,1H3,(H,34,36)/b33-19+. The summed E-state index contributed by atoms with van der Waals surface area (Å²) in [5.74, 6) is 0.415. The van der Waals surface area contributed by atoms with E-state index in [1.807, 2.05) is 19.1 Å². The average Bonchev–Trinajstić information content (AvgIpc) is 2.97. The molecule has 0 heterocycles. The number of nitrogens with one attached hydrogen (secondary N) is 1. The van der Waals surface area contributed by atoms with Gasteiger partial charge in [0.25, 0.3) is 15.9 Å². The van der Waals surface area contributed by atoms with Crippen molar-refractivity contribution in [2.24, 2.45) is 5.10 Å². The van der Waals surface area contributed by atoms with Crippen LogP contribution in [0.4, 0.5) is 5.69 Å². The molecule has 4 aromatic rings. The molecule has 0 atom stereocenters. The van der Waals surface area contributed by atoms with Gasteiger partial charge in [0.2, 0.25) is 0 Å². The quantitative estimate of drug-likeness (QED) is 0.149. The Morgan fingerprint density at radius 2 is 1.63 bits per heavy atom. The summed E-state index contributed by atoms with van der Waals surface area (Å²) in [5.41, 5.74) is 4.23. The number of carbonyl (C=O) groups excluding carboxylic acids is 1. The molecule has 0 saturated carbocycles. The van der Waals surface area contributed by atoms with E-state index in [0.717, 1.165) is 9.87 Å². The summed E-state index contributed by atoms with van der Waals surface area (Å²) in [4.78, 5) is 12.9. The van der Waals surface area contributed by atoms with Gasteiger partial charge in [0.15, 0.2) is 11.5 Å². The van der Waals surface area contributed by atoms with E-state index in [2.05, 4.69) is 10.5 Å². The van der Waals surface area contributed by atoms with Gasteiger partial charge in [-0.1, -0.05) is 59.6 Å². The predicted octanol–water partition coefficient (Wildman–Crippen LogP) is 6.32. The second-order valence-corrected chi connectivity index (χ2v) is 11.4. The van der Waals surface area contributed by atoms with Crippen LogP contribution in [0.5, 0.6) is 11.5 Å². The van der Waals surface area contributed by atoms with E-state index in [0.29, 0.717) is 40.3 Å². The summed E-state index contributed by atoms with van der Waals surface area (Å²) < 4.78 is 39.4. The van der Waals surface area contributed by atoms with Crippen molar-refractivity contribution in [3.8, 4) is 11.5 Å². The fourth-order valence-electron chi connectivity index (χ4n) is 3.74. The van der Waals surface area contributed by atoms with Crippen molar-refractivity contribution < 1.29 is 22.7 Å². The number of amides is 1. The Morgan fingerprint density at radius 1 is 0.878 bits per heavy atom. The van der Waals surface area contributed by atoms with Crippen LogP contribution in [0, 0.1) is 0 Å². The van der Waals surface area contributed by atoms with Crippen LogP contribution in [-0.2, 0) is 21.4 Å². The lowest BCUT2D eigenvalue weighted by molar-refractivity contribution is -0.119. The van der Waals surface area contributed by atoms with Crippen LogP contribution in [0.3, 0.4) is 0 Å². The van der Waals surface area contributed by atoms with Gasteiger partial charge in [-0.05, 0) is 78.7 Å². The largest absolute Gasteiger partial charge is 0.490 e. The lowest BCUT2D eigenvalue weighted by atomic mass is 10.2. The first-order valence-corrected chi connectivity index (χ1v) is 14.7. The van der Waals surface area contributed by atoms with Crippen molar-refractivity contribution in [1.29, 1.82) is 0 Å². The molecule has 41 heavy (non-hydrogen) atoms. The van der Waals surface area contributed by atoms with Gasteiger partial charge in [-0.25, -0.2) is 13.8 Å². The van der Waals surface area contributed by atoms with Crippen LogP contribution in [0.1, 0.15) is 18.1 Å². The first-order valence-electron chi connectivity index (χ1n) is 12.6. The van der Waals surface area contributed by atoms with Crippen LogP contribution < -0.4 is 19.2 Å². The number of hydrazone groups is 1. The maximum Gasteiger partial charge on any atom is 0.264 e. The fourth-order valence-corrected chi connectivity index (χ4v) is 5.49. The van der Waals surface area contributed by atoms with E-state index in [-0.39, 0.29) is 10.6 Å². The van der Waals surface area contributed by atoms with Crippen molar-refractivity contribution in [3.05, 3.63) is 118 Å². The van der Waals surface area contributed by atoms with Crippen LogP contribution in [0.2, 0.25) is 10.0 Å². The third kappa shape index (κ3) is 8.23. The maximum absolute atomic E-state index is 13.4. The van der Waals surface area contributed by atoms with Gasteiger partial charge in [-0.15, -0.1) is 0 Å². The molecule has 8 nitrogen and oxygen atoms in total.